The first-order valence-corrected chi connectivity index (χ1v) is 7.85. The molecule has 0 aliphatic rings. The molecule has 0 fully saturated rings. The number of aromatic nitrogens is 1. The molecule has 2 nitrogen and oxygen atoms in total. The summed E-state index contributed by atoms with van der Waals surface area (Å²) in [5.74, 6) is 1.23. The van der Waals surface area contributed by atoms with Gasteiger partial charge in [-0.25, -0.2) is 0 Å². The van der Waals surface area contributed by atoms with Gasteiger partial charge < -0.3 is 5.32 Å². The van der Waals surface area contributed by atoms with Gasteiger partial charge in [0.25, 0.3) is 0 Å². The molecule has 0 saturated heterocycles. The van der Waals surface area contributed by atoms with Gasteiger partial charge in [-0.1, -0.05) is 11.6 Å². The minimum absolute atomic E-state index is 0.729. The van der Waals surface area contributed by atoms with Crippen molar-refractivity contribution in [2.45, 2.75) is 12.8 Å². The number of benzene rings is 1. The fourth-order valence-electron chi connectivity index (χ4n) is 1.87. The molecule has 0 atom stereocenters. The maximum absolute atomic E-state index is 5.97. The van der Waals surface area contributed by atoms with Crippen molar-refractivity contribution in [3.05, 3.63) is 35.5 Å². The predicted octanol–water partition coefficient (Wildman–Crippen LogP) is 4.44. The summed E-state index contributed by atoms with van der Waals surface area (Å²) in [6.07, 6.45) is 6.41. The van der Waals surface area contributed by atoms with Gasteiger partial charge in [0.05, 0.1) is 5.52 Å². The second-order valence-corrected chi connectivity index (χ2v) is 5.57. The largest absolute Gasteiger partial charge is 0.384 e. The molecule has 0 saturated carbocycles. The van der Waals surface area contributed by atoms with Crippen LogP contribution in [0.4, 0.5) is 5.69 Å². The van der Waals surface area contributed by atoms with E-state index in [0.29, 0.717) is 0 Å². The highest BCUT2D eigenvalue weighted by atomic mass is 35.5. The molecule has 2 aromatic rings. The average molecular weight is 281 g/mol. The standard InChI is InChI=1S/C14H17ClN2S/c1-18-9-3-2-7-16-13-6-8-17-14-10-11(15)4-5-12(13)14/h4-6,8,10H,2-3,7,9H2,1H3,(H,16,17). The maximum atomic E-state index is 5.97. The lowest BCUT2D eigenvalue weighted by atomic mass is 10.2. The average Bonchev–Trinajstić information content (AvgIpc) is 2.38. The van der Waals surface area contributed by atoms with Crippen molar-refractivity contribution in [1.29, 1.82) is 0 Å². The Bertz CT molecular complexity index is 516. The Morgan fingerprint density at radius 1 is 1.28 bits per heavy atom. The van der Waals surface area contributed by atoms with Crippen LogP contribution in [0.5, 0.6) is 0 Å². The van der Waals surface area contributed by atoms with E-state index in [4.69, 9.17) is 11.6 Å². The lowest BCUT2D eigenvalue weighted by Gasteiger charge is -2.09. The summed E-state index contributed by atoms with van der Waals surface area (Å²) in [7, 11) is 0. The molecular weight excluding hydrogens is 264 g/mol. The van der Waals surface area contributed by atoms with E-state index in [1.54, 1.807) is 0 Å². The highest BCUT2D eigenvalue weighted by molar-refractivity contribution is 7.98. The fraction of sp³-hybridized carbons (Fsp3) is 0.357. The molecule has 2 rings (SSSR count). The second-order valence-electron chi connectivity index (χ2n) is 4.15. The Morgan fingerprint density at radius 3 is 3.00 bits per heavy atom. The van der Waals surface area contributed by atoms with Crippen LogP contribution < -0.4 is 5.32 Å². The first kappa shape index (κ1) is 13.5. The van der Waals surface area contributed by atoms with Crippen molar-refractivity contribution >= 4 is 40.0 Å². The Labute approximate surface area is 117 Å². The molecule has 0 aliphatic carbocycles. The quantitative estimate of drug-likeness (QED) is 0.792. The number of hydrogen-bond acceptors (Lipinski definition) is 3. The number of pyridine rings is 1. The molecule has 0 spiro atoms. The minimum Gasteiger partial charge on any atom is -0.384 e. The first-order valence-electron chi connectivity index (χ1n) is 6.08. The Kier molecular flexibility index (Phi) is 5.14. The van der Waals surface area contributed by atoms with Gasteiger partial charge in [0.15, 0.2) is 0 Å². The summed E-state index contributed by atoms with van der Waals surface area (Å²) < 4.78 is 0. The number of nitrogens with zero attached hydrogens (tertiary/aromatic N) is 1. The molecule has 0 aliphatic heterocycles. The van der Waals surface area contributed by atoms with E-state index in [1.807, 2.05) is 42.2 Å². The zero-order chi connectivity index (χ0) is 12.8. The molecule has 1 heterocycles. The molecule has 0 bridgehead atoms. The van der Waals surface area contributed by atoms with Gasteiger partial charge in [0, 0.05) is 28.8 Å². The molecule has 18 heavy (non-hydrogen) atoms. The number of rotatable bonds is 6. The summed E-state index contributed by atoms with van der Waals surface area (Å²) in [6.45, 7) is 1.00. The molecule has 4 heteroatoms. The van der Waals surface area contributed by atoms with Crippen molar-refractivity contribution in [1.82, 2.24) is 4.98 Å². The molecule has 1 aromatic heterocycles. The van der Waals surface area contributed by atoms with E-state index in [0.717, 1.165) is 28.2 Å². The summed E-state index contributed by atoms with van der Waals surface area (Å²) in [4.78, 5) is 4.33. The van der Waals surface area contributed by atoms with Crippen LogP contribution in [0.15, 0.2) is 30.5 Å². The minimum atomic E-state index is 0.729. The van der Waals surface area contributed by atoms with Crippen molar-refractivity contribution in [2.75, 3.05) is 23.9 Å². The number of thioether (sulfide) groups is 1. The molecule has 0 amide bonds. The SMILES string of the molecule is CSCCCCNc1ccnc2cc(Cl)ccc12. The van der Waals surface area contributed by atoms with Crippen LogP contribution >= 0.6 is 23.4 Å². The van der Waals surface area contributed by atoms with Crippen LogP contribution in [-0.2, 0) is 0 Å². The summed E-state index contributed by atoms with van der Waals surface area (Å²) in [5.41, 5.74) is 2.08. The highest BCUT2D eigenvalue weighted by Gasteiger charge is 2.01. The molecule has 0 radical (unpaired) electrons. The van der Waals surface area contributed by atoms with Gasteiger partial charge in [0.2, 0.25) is 0 Å². The monoisotopic (exact) mass is 280 g/mol. The van der Waals surface area contributed by atoms with Crippen molar-refractivity contribution in [3.8, 4) is 0 Å². The lowest BCUT2D eigenvalue weighted by Crippen LogP contribution is -2.02. The van der Waals surface area contributed by atoms with Gasteiger partial charge in [0.1, 0.15) is 0 Å². The van der Waals surface area contributed by atoms with Gasteiger partial charge >= 0.3 is 0 Å². The van der Waals surface area contributed by atoms with E-state index < -0.39 is 0 Å². The fourth-order valence-corrected chi connectivity index (χ4v) is 2.53. The third-order valence-electron chi connectivity index (χ3n) is 2.80. The Morgan fingerprint density at radius 2 is 2.17 bits per heavy atom. The van der Waals surface area contributed by atoms with E-state index >= 15 is 0 Å². The normalized spacial score (nSPS) is 10.8. The smallest absolute Gasteiger partial charge is 0.0737 e. The van der Waals surface area contributed by atoms with Gasteiger partial charge in [-0.3, -0.25) is 4.98 Å². The highest BCUT2D eigenvalue weighted by Crippen LogP contribution is 2.24. The number of hydrogen-bond donors (Lipinski definition) is 1. The summed E-state index contributed by atoms with van der Waals surface area (Å²) >= 11 is 7.87. The van der Waals surface area contributed by atoms with E-state index in [-0.39, 0.29) is 0 Å². The summed E-state index contributed by atoms with van der Waals surface area (Å²) in [6, 6.07) is 7.85. The number of nitrogens with one attached hydrogen (secondary N) is 1. The van der Waals surface area contributed by atoms with Gasteiger partial charge in [-0.05, 0) is 49.1 Å². The van der Waals surface area contributed by atoms with Crippen LogP contribution in [-0.4, -0.2) is 23.5 Å². The number of fused-ring (bicyclic) bond motifs is 1. The zero-order valence-electron chi connectivity index (χ0n) is 10.4. The number of unbranched alkanes of at least 4 members (excludes halogenated alkanes) is 1. The van der Waals surface area contributed by atoms with Gasteiger partial charge in [-0.15, -0.1) is 0 Å². The Balaban J connectivity index is 2.04. The van der Waals surface area contributed by atoms with E-state index in [9.17, 15) is 0 Å². The molecule has 0 unspecified atom stereocenters. The van der Waals surface area contributed by atoms with Gasteiger partial charge in [-0.2, -0.15) is 11.8 Å². The lowest BCUT2D eigenvalue weighted by molar-refractivity contribution is 0.844. The van der Waals surface area contributed by atoms with Crippen LogP contribution in [0.3, 0.4) is 0 Å². The zero-order valence-corrected chi connectivity index (χ0v) is 12.0. The van der Waals surface area contributed by atoms with Crippen LogP contribution in [0, 0.1) is 0 Å². The Hall–Kier alpha value is -0.930. The van der Waals surface area contributed by atoms with E-state index in [2.05, 4.69) is 16.6 Å². The maximum Gasteiger partial charge on any atom is 0.0737 e. The number of halogens is 1. The molecule has 1 N–H and O–H groups in total. The van der Waals surface area contributed by atoms with Crippen molar-refractivity contribution < 1.29 is 0 Å². The van der Waals surface area contributed by atoms with Crippen molar-refractivity contribution in [2.24, 2.45) is 0 Å². The van der Waals surface area contributed by atoms with E-state index in [1.165, 1.54) is 18.6 Å². The van der Waals surface area contributed by atoms with Crippen LogP contribution in [0.1, 0.15) is 12.8 Å². The van der Waals surface area contributed by atoms with Crippen LogP contribution in [0.2, 0.25) is 5.02 Å². The topological polar surface area (TPSA) is 24.9 Å². The number of anilines is 1. The first-order chi connectivity index (χ1) is 8.81. The third kappa shape index (κ3) is 3.53. The predicted molar refractivity (Wildman–Crippen MR) is 82.9 cm³/mol. The van der Waals surface area contributed by atoms with Crippen molar-refractivity contribution in [3.63, 3.8) is 0 Å². The molecule has 96 valence electrons. The molecule has 1 aromatic carbocycles. The third-order valence-corrected chi connectivity index (χ3v) is 3.73. The molecular formula is C14H17ClN2S. The van der Waals surface area contributed by atoms with Crippen LogP contribution in [0.25, 0.3) is 10.9 Å². The summed E-state index contributed by atoms with van der Waals surface area (Å²) in [5, 5.41) is 5.33. The second kappa shape index (κ2) is 6.86.